The van der Waals surface area contributed by atoms with Gasteiger partial charge in [0.05, 0.1) is 28.8 Å². The second-order valence-corrected chi connectivity index (χ2v) is 10.0. The van der Waals surface area contributed by atoms with E-state index in [1.165, 1.54) is 5.70 Å². The average Bonchev–Trinajstić information content (AvgIpc) is 2.79. The Kier molecular flexibility index (Phi) is 8.48. The van der Waals surface area contributed by atoms with Crippen molar-refractivity contribution in [2.24, 2.45) is 10.9 Å². The maximum atomic E-state index is 11.0. The molecule has 2 unspecified atom stereocenters. The molecule has 1 aliphatic heterocycles. The van der Waals surface area contributed by atoms with E-state index >= 15 is 0 Å². The van der Waals surface area contributed by atoms with Gasteiger partial charge in [-0.3, -0.25) is 9.98 Å². The number of nitrogens with one attached hydrogen (secondary N) is 2. The molecule has 1 aliphatic carbocycles. The summed E-state index contributed by atoms with van der Waals surface area (Å²) in [6, 6.07) is 3.89. The second kappa shape index (κ2) is 10.9. The summed E-state index contributed by atoms with van der Waals surface area (Å²) < 4.78 is 0. The van der Waals surface area contributed by atoms with Gasteiger partial charge < -0.3 is 20.7 Å². The summed E-state index contributed by atoms with van der Waals surface area (Å²) in [6.07, 6.45) is 7.31. The number of rotatable bonds is 6. The van der Waals surface area contributed by atoms with Crippen molar-refractivity contribution >= 4 is 23.0 Å². The van der Waals surface area contributed by atoms with Gasteiger partial charge in [0, 0.05) is 49.2 Å². The highest BCUT2D eigenvalue weighted by molar-refractivity contribution is 6.33. The van der Waals surface area contributed by atoms with Crippen LogP contribution in [0.25, 0.3) is 0 Å². The summed E-state index contributed by atoms with van der Waals surface area (Å²) in [5, 5.41) is 23.5. The monoisotopic (exact) mass is 471 g/mol. The predicted octanol–water partition coefficient (Wildman–Crippen LogP) is 4.52. The minimum Gasteiger partial charge on any atom is -0.388 e. The van der Waals surface area contributed by atoms with Crippen LogP contribution in [0.1, 0.15) is 64.6 Å². The zero-order valence-electron chi connectivity index (χ0n) is 20.6. The maximum Gasteiger partial charge on any atom is 0.0928 e. The van der Waals surface area contributed by atoms with Crippen molar-refractivity contribution < 1.29 is 5.11 Å². The van der Waals surface area contributed by atoms with Gasteiger partial charge in [-0.25, -0.2) is 0 Å². The Labute approximate surface area is 203 Å². The van der Waals surface area contributed by atoms with Crippen LogP contribution in [-0.2, 0) is 0 Å². The van der Waals surface area contributed by atoms with Crippen molar-refractivity contribution in [2.45, 2.75) is 65.0 Å². The molecular formula is C26H38ClN5O. The number of hydrogen-bond acceptors (Lipinski definition) is 6. The molecule has 3 N–H and O–H groups in total. The van der Waals surface area contributed by atoms with Crippen molar-refractivity contribution in [3.05, 3.63) is 52.0 Å². The Balaban J connectivity index is 1.78. The fraction of sp³-hybridized carbons (Fsp3) is 0.577. The molecule has 1 fully saturated rings. The first-order valence-corrected chi connectivity index (χ1v) is 12.3. The van der Waals surface area contributed by atoms with Crippen molar-refractivity contribution in [3.63, 3.8) is 0 Å². The van der Waals surface area contributed by atoms with Gasteiger partial charge in [-0.1, -0.05) is 31.5 Å². The lowest BCUT2D eigenvalue weighted by molar-refractivity contribution is -0.0380. The smallest absolute Gasteiger partial charge is 0.0928 e. The fourth-order valence-electron chi connectivity index (χ4n) is 4.66. The molecule has 0 saturated carbocycles. The largest absolute Gasteiger partial charge is 0.388 e. The number of piperazine rings is 1. The number of halogens is 1. The Bertz CT molecular complexity index is 963. The van der Waals surface area contributed by atoms with Crippen molar-refractivity contribution in [1.29, 1.82) is 5.41 Å². The van der Waals surface area contributed by atoms with Crippen LogP contribution in [0.15, 0.2) is 45.7 Å². The summed E-state index contributed by atoms with van der Waals surface area (Å²) in [7, 11) is 1.78. The van der Waals surface area contributed by atoms with E-state index in [-0.39, 0.29) is 12.0 Å². The van der Waals surface area contributed by atoms with E-state index in [1.54, 1.807) is 20.2 Å². The van der Waals surface area contributed by atoms with Gasteiger partial charge in [-0.2, -0.15) is 0 Å². The van der Waals surface area contributed by atoms with E-state index in [4.69, 9.17) is 17.0 Å². The Morgan fingerprint density at radius 1 is 1.36 bits per heavy atom. The summed E-state index contributed by atoms with van der Waals surface area (Å²) in [5.41, 5.74) is 4.37. The molecule has 180 valence electrons. The molecule has 2 heterocycles. The van der Waals surface area contributed by atoms with E-state index in [1.807, 2.05) is 19.1 Å². The van der Waals surface area contributed by atoms with Crippen LogP contribution in [0.2, 0.25) is 0 Å². The third-order valence-electron chi connectivity index (χ3n) is 7.09. The van der Waals surface area contributed by atoms with E-state index in [0.717, 1.165) is 67.2 Å². The highest BCUT2D eigenvalue weighted by Gasteiger charge is 2.38. The number of allylic oxidation sites excluding steroid dienone is 4. The minimum absolute atomic E-state index is 0.0337. The lowest BCUT2D eigenvalue weighted by Gasteiger charge is -2.44. The maximum absolute atomic E-state index is 11.0. The molecule has 3 rings (SSSR count). The van der Waals surface area contributed by atoms with Crippen molar-refractivity contribution in [3.8, 4) is 0 Å². The lowest BCUT2D eigenvalue weighted by atomic mass is 9.83. The molecule has 0 radical (unpaired) electrons. The van der Waals surface area contributed by atoms with Gasteiger partial charge in [0.2, 0.25) is 0 Å². The molecule has 2 atom stereocenters. The average molecular weight is 472 g/mol. The van der Waals surface area contributed by atoms with Crippen LogP contribution < -0.4 is 5.32 Å². The molecule has 7 heteroatoms. The highest BCUT2D eigenvalue weighted by atomic mass is 35.5. The zero-order chi connectivity index (χ0) is 24.2. The molecule has 0 aromatic carbocycles. The highest BCUT2D eigenvalue weighted by Crippen LogP contribution is 2.32. The van der Waals surface area contributed by atoms with Gasteiger partial charge in [-0.15, -0.1) is 0 Å². The number of nitrogens with zero attached hydrogens (tertiary/aromatic N) is 3. The number of aromatic nitrogens is 1. The van der Waals surface area contributed by atoms with Gasteiger partial charge >= 0.3 is 0 Å². The number of aliphatic imine (C=N–C) groups is 1. The van der Waals surface area contributed by atoms with Crippen LogP contribution >= 0.6 is 11.6 Å². The Morgan fingerprint density at radius 3 is 2.79 bits per heavy atom. The summed E-state index contributed by atoms with van der Waals surface area (Å²) in [4.78, 5) is 11.4. The first kappa shape index (κ1) is 25.6. The molecule has 0 spiro atoms. The van der Waals surface area contributed by atoms with Crippen LogP contribution in [0.4, 0.5) is 0 Å². The standard InChI is InChI=1S/C26H38ClN5O/c1-17(2)26(4,33)23-16-32(15-14-30-23)19-8-6-9-20(22(27)12-11-19)25(29-5)21-10-7-13-31-24(21)18(3)28/h7-8,10,13,17,23,28,30,33H,6,9,11-12,14-16H2,1-5H3. The molecular weight excluding hydrogens is 434 g/mol. The minimum atomic E-state index is -0.757. The molecule has 1 aromatic rings. The molecule has 0 bridgehead atoms. The van der Waals surface area contributed by atoms with Crippen LogP contribution in [0.3, 0.4) is 0 Å². The van der Waals surface area contributed by atoms with Crippen molar-refractivity contribution in [2.75, 3.05) is 26.7 Å². The number of aliphatic hydroxyl groups is 1. The van der Waals surface area contributed by atoms with Crippen LogP contribution in [-0.4, -0.2) is 64.7 Å². The first-order chi connectivity index (χ1) is 15.7. The predicted molar refractivity (Wildman–Crippen MR) is 137 cm³/mol. The van der Waals surface area contributed by atoms with E-state index in [2.05, 4.69) is 40.1 Å². The number of pyridine rings is 1. The quantitative estimate of drug-likeness (QED) is 0.532. The molecule has 33 heavy (non-hydrogen) atoms. The Morgan fingerprint density at radius 2 is 2.12 bits per heavy atom. The zero-order valence-corrected chi connectivity index (χ0v) is 21.3. The molecule has 1 saturated heterocycles. The third kappa shape index (κ3) is 5.73. The van der Waals surface area contributed by atoms with E-state index in [0.29, 0.717) is 11.4 Å². The molecule has 6 nitrogen and oxygen atoms in total. The first-order valence-electron chi connectivity index (χ1n) is 11.9. The van der Waals surface area contributed by atoms with Gasteiger partial charge in [0.25, 0.3) is 0 Å². The fourth-order valence-corrected chi connectivity index (χ4v) is 4.94. The summed E-state index contributed by atoms with van der Waals surface area (Å²) >= 11 is 6.89. The van der Waals surface area contributed by atoms with Crippen LogP contribution in [0.5, 0.6) is 0 Å². The summed E-state index contributed by atoms with van der Waals surface area (Å²) in [6.45, 7) is 10.4. The molecule has 0 amide bonds. The van der Waals surface area contributed by atoms with E-state index < -0.39 is 5.60 Å². The van der Waals surface area contributed by atoms with Crippen molar-refractivity contribution in [1.82, 2.24) is 15.2 Å². The van der Waals surface area contributed by atoms with E-state index in [9.17, 15) is 5.11 Å². The topological polar surface area (TPSA) is 84.6 Å². The van der Waals surface area contributed by atoms with Gasteiger partial charge in [0.1, 0.15) is 0 Å². The lowest BCUT2D eigenvalue weighted by Crippen LogP contribution is -2.61. The molecule has 2 aliphatic rings. The molecule has 1 aromatic heterocycles. The summed E-state index contributed by atoms with van der Waals surface area (Å²) in [5.74, 6) is 0.176. The Hall–Kier alpha value is -2.02. The van der Waals surface area contributed by atoms with Gasteiger partial charge in [0.15, 0.2) is 0 Å². The second-order valence-electron chi connectivity index (χ2n) is 9.55. The number of hydrogen-bond donors (Lipinski definition) is 3. The SMILES string of the molecule is CN=C(C1=C(Cl)CCC(N2CCNC(C(C)(O)C(C)C)C2)=CCC1)c1cccnc1C(C)=N. The van der Waals surface area contributed by atoms with Gasteiger partial charge in [-0.05, 0) is 63.2 Å². The normalized spacial score (nSPS) is 22.5. The third-order valence-corrected chi connectivity index (χ3v) is 7.50. The van der Waals surface area contributed by atoms with Crippen LogP contribution in [0, 0.1) is 11.3 Å².